The molecule has 2 unspecified atom stereocenters. The predicted octanol–water partition coefficient (Wildman–Crippen LogP) is 7.31. The zero-order chi connectivity index (χ0) is 26.5. The van der Waals surface area contributed by atoms with Crippen LogP contribution in [0.15, 0.2) is 0 Å². The van der Waals surface area contributed by atoms with Gasteiger partial charge in [0.25, 0.3) is 0 Å². The Kier molecular flexibility index (Phi) is 6.14. The van der Waals surface area contributed by atoms with Gasteiger partial charge in [0.15, 0.2) is 0 Å². The molecule has 4 saturated carbocycles. The maximum atomic E-state index is 11.9. The molecule has 0 aromatic carbocycles. The second kappa shape index (κ2) is 8.20. The number of rotatable bonds is 3. The highest BCUT2D eigenvalue weighted by Crippen LogP contribution is 2.76. The van der Waals surface area contributed by atoms with Crippen molar-refractivity contribution in [2.75, 3.05) is 0 Å². The number of ether oxygens (including phenoxy) is 2. The Labute approximate surface area is 220 Å². The lowest BCUT2D eigenvalue weighted by molar-refractivity contribution is -0.231. The van der Waals surface area contributed by atoms with E-state index in [1.165, 1.54) is 44.9 Å². The van der Waals surface area contributed by atoms with Crippen molar-refractivity contribution in [2.45, 2.75) is 150 Å². The highest BCUT2D eigenvalue weighted by molar-refractivity contribution is 5.66. The van der Waals surface area contributed by atoms with Crippen LogP contribution in [0.2, 0.25) is 0 Å². The van der Waals surface area contributed by atoms with Crippen molar-refractivity contribution >= 4 is 5.97 Å². The van der Waals surface area contributed by atoms with E-state index < -0.39 is 5.60 Å². The molecule has 0 aromatic heterocycles. The highest BCUT2D eigenvalue weighted by Gasteiger charge is 2.70. The Morgan fingerprint density at radius 1 is 0.806 bits per heavy atom. The first-order chi connectivity index (χ1) is 16.5. The van der Waals surface area contributed by atoms with E-state index in [2.05, 4.69) is 41.5 Å². The summed E-state index contributed by atoms with van der Waals surface area (Å²) in [6.07, 6.45) is 11.9. The number of aliphatic hydroxyl groups is 1. The average Bonchev–Trinajstić information content (AvgIpc) is 3.32. The number of esters is 1. The average molecular weight is 503 g/mol. The fourth-order valence-corrected chi connectivity index (χ4v) is 11.5. The van der Waals surface area contributed by atoms with Gasteiger partial charge in [0.1, 0.15) is 6.10 Å². The van der Waals surface area contributed by atoms with Gasteiger partial charge in [-0.05, 0) is 125 Å². The molecule has 0 radical (unpaired) electrons. The Morgan fingerprint density at radius 3 is 2.08 bits per heavy atom. The molecule has 0 spiro atoms. The summed E-state index contributed by atoms with van der Waals surface area (Å²) in [5.74, 6) is 2.49. The van der Waals surface area contributed by atoms with Crippen molar-refractivity contribution in [2.24, 2.45) is 45.3 Å². The Bertz CT molecular complexity index is 889. The molecule has 1 saturated heterocycles. The van der Waals surface area contributed by atoms with Crippen molar-refractivity contribution in [1.82, 2.24) is 0 Å². The van der Waals surface area contributed by atoms with Crippen LogP contribution in [0, 0.1) is 45.3 Å². The molecule has 0 bridgehead atoms. The fourth-order valence-electron chi connectivity index (χ4n) is 11.5. The quantitative estimate of drug-likeness (QED) is 0.411. The largest absolute Gasteiger partial charge is 0.462 e. The van der Waals surface area contributed by atoms with Crippen molar-refractivity contribution < 1.29 is 19.4 Å². The first kappa shape index (κ1) is 27.0. The van der Waals surface area contributed by atoms with Crippen molar-refractivity contribution in [3.05, 3.63) is 0 Å². The van der Waals surface area contributed by atoms with E-state index >= 15 is 0 Å². The molecule has 5 rings (SSSR count). The Hall–Kier alpha value is -0.610. The van der Waals surface area contributed by atoms with Crippen LogP contribution < -0.4 is 0 Å². The molecular weight excluding hydrogens is 448 g/mol. The van der Waals surface area contributed by atoms with Gasteiger partial charge in [0, 0.05) is 12.3 Å². The minimum absolute atomic E-state index is 0.0211. The first-order valence-electron chi connectivity index (χ1n) is 15.1. The third kappa shape index (κ3) is 3.62. The van der Waals surface area contributed by atoms with Gasteiger partial charge in [-0.1, -0.05) is 34.6 Å². The van der Waals surface area contributed by atoms with E-state index in [1.54, 1.807) is 6.92 Å². The maximum Gasteiger partial charge on any atom is 0.302 e. The molecule has 4 heteroatoms. The molecule has 10 atom stereocenters. The topological polar surface area (TPSA) is 55.8 Å². The van der Waals surface area contributed by atoms with E-state index in [-0.39, 0.29) is 29.2 Å². The lowest BCUT2D eigenvalue weighted by atomic mass is 9.35. The number of hydrogen-bond donors (Lipinski definition) is 1. The normalized spacial score (nSPS) is 52.3. The minimum atomic E-state index is -0.770. The maximum absolute atomic E-state index is 11.9. The highest BCUT2D eigenvalue weighted by atomic mass is 16.5. The summed E-state index contributed by atoms with van der Waals surface area (Å²) in [5, 5.41) is 10.7. The van der Waals surface area contributed by atoms with E-state index in [9.17, 15) is 9.90 Å². The van der Waals surface area contributed by atoms with Gasteiger partial charge in [0.05, 0.1) is 17.3 Å². The van der Waals surface area contributed by atoms with E-state index in [1.807, 2.05) is 13.8 Å². The summed E-state index contributed by atoms with van der Waals surface area (Å²) in [7, 11) is 0. The van der Waals surface area contributed by atoms with Crippen LogP contribution in [-0.4, -0.2) is 34.5 Å². The van der Waals surface area contributed by atoms with Gasteiger partial charge < -0.3 is 14.6 Å². The smallest absolute Gasteiger partial charge is 0.302 e. The zero-order valence-electron chi connectivity index (χ0n) is 24.7. The van der Waals surface area contributed by atoms with Crippen LogP contribution in [-0.2, 0) is 14.3 Å². The van der Waals surface area contributed by atoms with Crippen LogP contribution in [0.1, 0.15) is 127 Å². The molecule has 206 valence electrons. The van der Waals surface area contributed by atoms with Crippen LogP contribution in [0.3, 0.4) is 0 Å². The SMILES string of the molecule is CC(=O)OC1CC[C@]2(C)[C@H]3CC[C@@H]4[C@@H]([C@]5(C)CCC(C(C)(C)O)O5)CC[C@@]4(C)[C@]3(C)CC[C@H]2C1(C)C. The standard InChI is InChI=1S/C32H54O4/c1-20(33)35-25-14-16-29(6)23(27(25,2)3)13-18-31(8)24(29)11-10-21-22(12-17-30(21,31)7)32(9)19-15-26(36-32)28(4,5)34/h21-26,34H,10-19H2,1-9H3/t21-,22+,23+,24-,25?,26?,29+,30-,31-,32+/m1/s1. The van der Waals surface area contributed by atoms with Crippen molar-refractivity contribution in [3.8, 4) is 0 Å². The number of hydrogen-bond acceptors (Lipinski definition) is 4. The van der Waals surface area contributed by atoms with Crippen LogP contribution in [0.25, 0.3) is 0 Å². The second-order valence-electron chi connectivity index (χ2n) is 15.9. The molecular formula is C32H54O4. The summed E-state index contributed by atoms with van der Waals surface area (Å²) >= 11 is 0. The molecule has 4 nitrogen and oxygen atoms in total. The molecule has 0 aromatic rings. The lowest BCUT2D eigenvalue weighted by Crippen LogP contribution is -2.64. The molecule has 0 amide bonds. The van der Waals surface area contributed by atoms with Gasteiger partial charge in [0.2, 0.25) is 0 Å². The predicted molar refractivity (Wildman–Crippen MR) is 143 cm³/mol. The molecule has 5 fully saturated rings. The lowest BCUT2D eigenvalue weighted by Gasteiger charge is -2.70. The summed E-state index contributed by atoms with van der Waals surface area (Å²) in [4.78, 5) is 11.9. The fraction of sp³-hybridized carbons (Fsp3) is 0.969. The van der Waals surface area contributed by atoms with E-state index in [0.717, 1.165) is 25.2 Å². The molecule has 4 aliphatic carbocycles. The van der Waals surface area contributed by atoms with E-state index in [4.69, 9.17) is 9.47 Å². The van der Waals surface area contributed by atoms with Gasteiger partial charge in [-0.15, -0.1) is 0 Å². The summed E-state index contributed by atoms with van der Waals surface area (Å²) < 4.78 is 12.6. The minimum Gasteiger partial charge on any atom is -0.462 e. The van der Waals surface area contributed by atoms with E-state index in [0.29, 0.717) is 34.0 Å². The molecule has 1 heterocycles. The summed E-state index contributed by atoms with van der Waals surface area (Å²) in [6.45, 7) is 20.4. The molecule has 1 aliphatic heterocycles. The third-order valence-corrected chi connectivity index (χ3v) is 13.5. The van der Waals surface area contributed by atoms with Gasteiger partial charge >= 0.3 is 5.97 Å². The Morgan fingerprint density at radius 2 is 1.47 bits per heavy atom. The Balaban J connectivity index is 1.42. The van der Waals surface area contributed by atoms with Gasteiger partial charge in [-0.3, -0.25) is 4.79 Å². The summed E-state index contributed by atoms with van der Waals surface area (Å²) in [5.41, 5.74) is 0.122. The van der Waals surface area contributed by atoms with Crippen LogP contribution in [0.4, 0.5) is 0 Å². The van der Waals surface area contributed by atoms with Gasteiger partial charge in [-0.25, -0.2) is 0 Å². The molecule has 5 aliphatic rings. The van der Waals surface area contributed by atoms with Crippen molar-refractivity contribution in [3.63, 3.8) is 0 Å². The number of carbonyl (C=O) groups is 1. The molecule has 1 N–H and O–H groups in total. The monoisotopic (exact) mass is 502 g/mol. The second-order valence-corrected chi connectivity index (χ2v) is 15.9. The van der Waals surface area contributed by atoms with Crippen LogP contribution in [0.5, 0.6) is 0 Å². The molecule has 36 heavy (non-hydrogen) atoms. The summed E-state index contributed by atoms with van der Waals surface area (Å²) in [6, 6.07) is 0. The van der Waals surface area contributed by atoms with Crippen LogP contribution >= 0.6 is 0 Å². The number of carbonyl (C=O) groups excluding carboxylic acids is 1. The van der Waals surface area contributed by atoms with Crippen molar-refractivity contribution in [1.29, 1.82) is 0 Å². The first-order valence-corrected chi connectivity index (χ1v) is 15.1. The van der Waals surface area contributed by atoms with Gasteiger partial charge in [-0.2, -0.15) is 0 Å². The third-order valence-electron chi connectivity index (χ3n) is 13.5. The zero-order valence-corrected chi connectivity index (χ0v) is 24.7. The number of fused-ring (bicyclic) bond motifs is 5.